The zero-order chi connectivity index (χ0) is 20.0. The van der Waals surface area contributed by atoms with Crippen molar-refractivity contribution >= 4 is 17.1 Å². The normalized spacial score (nSPS) is 16.6. The van der Waals surface area contributed by atoms with Crippen LogP contribution in [0.5, 0.6) is 0 Å². The molecule has 1 amide bonds. The standard InChI is InChI=1S/C23H22N4O2/c1-15-10-16(2)12-18(11-15)23(28)26-8-5-19(13-26)27-21(17-6-9-29-14-17)25-20-4-3-7-24-22(20)27/h3-4,6-7,9-12,14,19H,5,8,13H2,1-2H3/t19-/m1/s1. The molecule has 0 bridgehead atoms. The first-order valence-electron chi connectivity index (χ1n) is 9.83. The first-order valence-corrected chi connectivity index (χ1v) is 9.83. The molecule has 1 aliphatic heterocycles. The molecule has 1 atom stereocenters. The Labute approximate surface area is 168 Å². The summed E-state index contributed by atoms with van der Waals surface area (Å²) in [6, 6.07) is 11.9. The van der Waals surface area contributed by atoms with Crippen molar-refractivity contribution in [1.82, 2.24) is 19.4 Å². The molecule has 3 aromatic heterocycles. The fourth-order valence-corrected chi connectivity index (χ4v) is 4.29. The summed E-state index contributed by atoms with van der Waals surface area (Å²) in [5.41, 5.74) is 5.58. The molecule has 0 unspecified atom stereocenters. The van der Waals surface area contributed by atoms with Crippen LogP contribution in [0.4, 0.5) is 0 Å². The lowest BCUT2D eigenvalue weighted by Crippen LogP contribution is -2.29. The molecule has 1 saturated heterocycles. The number of carbonyl (C=O) groups excluding carboxylic acids is 1. The van der Waals surface area contributed by atoms with Gasteiger partial charge in [-0.1, -0.05) is 17.2 Å². The summed E-state index contributed by atoms with van der Waals surface area (Å²) in [6.07, 6.45) is 6.00. The minimum atomic E-state index is 0.0848. The van der Waals surface area contributed by atoms with Gasteiger partial charge in [-0.3, -0.25) is 4.79 Å². The Kier molecular flexibility index (Phi) is 4.19. The number of rotatable bonds is 3. The Hall–Kier alpha value is -3.41. The highest BCUT2D eigenvalue weighted by atomic mass is 16.3. The number of imidazole rings is 1. The number of pyridine rings is 1. The van der Waals surface area contributed by atoms with E-state index in [1.807, 2.05) is 49.1 Å². The molecular weight excluding hydrogens is 364 g/mol. The van der Waals surface area contributed by atoms with E-state index in [1.54, 1.807) is 18.7 Å². The third-order valence-corrected chi connectivity index (χ3v) is 5.51. The predicted octanol–water partition coefficient (Wildman–Crippen LogP) is 4.40. The molecule has 5 rings (SSSR count). The third kappa shape index (κ3) is 3.10. The van der Waals surface area contributed by atoms with Gasteiger partial charge in [0, 0.05) is 24.8 Å². The predicted molar refractivity (Wildman–Crippen MR) is 111 cm³/mol. The monoisotopic (exact) mass is 386 g/mol. The van der Waals surface area contributed by atoms with Crippen molar-refractivity contribution in [3.8, 4) is 11.4 Å². The van der Waals surface area contributed by atoms with Crippen molar-refractivity contribution in [1.29, 1.82) is 0 Å². The van der Waals surface area contributed by atoms with Gasteiger partial charge in [0.2, 0.25) is 0 Å². The van der Waals surface area contributed by atoms with E-state index < -0.39 is 0 Å². The van der Waals surface area contributed by atoms with Crippen LogP contribution in [0.1, 0.15) is 33.9 Å². The number of aryl methyl sites for hydroxylation is 2. The molecule has 0 aliphatic carbocycles. The lowest BCUT2D eigenvalue weighted by Gasteiger charge is -2.19. The number of amides is 1. The molecule has 0 radical (unpaired) electrons. The van der Waals surface area contributed by atoms with Gasteiger partial charge in [0.15, 0.2) is 5.65 Å². The lowest BCUT2D eigenvalue weighted by atomic mass is 10.1. The van der Waals surface area contributed by atoms with Gasteiger partial charge in [-0.15, -0.1) is 0 Å². The van der Waals surface area contributed by atoms with Gasteiger partial charge < -0.3 is 13.9 Å². The Morgan fingerprint density at radius 3 is 2.76 bits per heavy atom. The maximum absolute atomic E-state index is 13.1. The van der Waals surface area contributed by atoms with E-state index in [1.165, 1.54) is 0 Å². The summed E-state index contributed by atoms with van der Waals surface area (Å²) in [5.74, 6) is 0.916. The third-order valence-electron chi connectivity index (χ3n) is 5.51. The molecule has 1 aliphatic rings. The van der Waals surface area contributed by atoms with Gasteiger partial charge in [0.1, 0.15) is 17.6 Å². The van der Waals surface area contributed by atoms with Crippen molar-refractivity contribution in [2.24, 2.45) is 0 Å². The number of carbonyl (C=O) groups is 1. The highest BCUT2D eigenvalue weighted by Gasteiger charge is 2.31. The van der Waals surface area contributed by atoms with E-state index in [-0.39, 0.29) is 11.9 Å². The van der Waals surface area contributed by atoms with Gasteiger partial charge in [-0.2, -0.15) is 0 Å². The van der Waals surface area contributed by atoms with E-state index in [9.17, 15) is 4.79 Å². The number of furan rings is 1. The summed E-state index contributed by atoms with van der Waals surface area (Å²) in [5, 5.41) is 0. The quantitative estimate of drug-likeness (QED) is 0.524. The molecule has 0 spiro atoms. The van der Waals surface area contributed by atoms with Crippen LogP contribution in [0.2, 0.25) is 0 Å². The smallest absolute Gasteiger partial charge is 0.253 e. The fraction of sp³-hybridized carbons (Fsp3) is 0.261. The van der Waals surface area contributed by atoms with E-state index in [4.69, 9.17) is 9.40 Å². The van der Waals surface area contributed by atoms with Crippen molar-refractivity contribution in [2.75, 3.05) is 13.1 Å². The largest absolute Gasteiger partial charge is 0.472 e. The summed E-state index contributed by atoms with van der Waals surface area (Å²) >= 11 is 0. The summed E-state index contributed by atoms with van der Waals surface area (Å²) < 4.78 is 7.45. The van der Waals surface area contributed by atoms with Crippen LogP contribution in [-0.4, -0.2) is 38.4 Å². The highest BCUT2D eigenvalue weighted by molar-refractivity contribution is 5.95. The van der Waals surface area contributed by atoms with Crippen molar-refractivity contribution < 1.29 is 9.21 Å². The summed E-state index contributed by atoms with van der Waals surface area (Å²) in [4.78, 5) is 24.4. The zero-order valence-electron chi connectivity index (χ0n) is 16.5. The molecule has 0 saturated carbocycles. The van der Waals surface area contributed by atoms with Gasteiger partial charge in [-0.05, 0) is 50.6 Å². The lowest BCUT2D eigenvalue weighted by molar-refractivity contribution is 0.0787. The SMILES string of the molecule is Cc1cc(C)cc(C(=O)N2CC[C@@H](n3c(-c4ccoc4)nc4cccnc43)C2)c1. The Morgan fingerprint density at radius 2 is 2.00 bits per heavy atom. The Bertz CT molecular complexity index is 1170. The topological polar surface area (TPSA) is 64.2 Å². The van der Waals surface area contributed by atoms with Crippen LogP contribution >= 0.6 is 0 Å². The number of aromatic nitrogens is 3. The van der Waals surface area contributed by atoms with Gasteiger partial charge in [0.25, 0.3) is 5.91 Å². The Morgan fingerprint density at radius 1 is 1.17 bits per heavy atom. The Balaban J connectivity index is 1.49. The highest BCUT2D eigenvalue weighted by Crippen LogP contribution is 2.32. The number of likely N-dealkylation sites (tertiary alicyclic amines) is 1. The molecule has 0 N–H and O–H groups in total. The van der Waals surface area contributed by atoms with Gasteiger partial charge in [-0.25, -0.2) is 9.97 Å². The first kappa shape index (κ1) is 17.7. The summed E-state index contributed by atoms with van der Waals surface area (Å²) in [6.45, 7) is 5.40. The molecule has 146 valence electrons. The van der Waals surface area contributed by atoms with Crippen LogP contribution in [0.3, 0.4) is 0 Å². The van der Waals surface area contributed by atoms with Gasteiger partial charge >= 0.3 is 0 Å². The number of fused-ring (bicyclic) bond motifs is 1. The second-order valence-electron chi connectivity index (χ2n) is 7.73. The molecule has 4 aromatic rings. The molecule has 4 heterocycles. The zero-order valence-corrected chi connectivity index (χ0v) is 16.5. The average Bonchev–Trinajstić information content (AvgIpc) is 3.44. The van der Waals surface area contributed by atoms with E-state index in [0.717, 1.165) is 45.7 Å². The number of hydrogen-bond acceptors (Lipinski definition) is 4. The molecular formula is C23H22N4O2. The number of hydrogen-bond donors (Lipinski definition) is 0. The fourth-order valence-electron chi connectivity index (χ4n) is 4.29. The van der Waals surface area contributed by atoms with Gasteiger partial charge in [0.05, 0.1) is 17.9 Å². The average molecular weight is 386 g/mol. The van der Waals surface area contributed by atoms with E-state index in [0.29, 0.717) is 13.1 Å². The van der Waals surface area contributed by atoms with Crippen LogP contribution in [-0.2, 0) is 0 Å². The number of nitrogens with zero attached hydrogens (tertiary/aromatic N) is 4. The van der Waals surface area contributed by atoms with Crippen LogP contribution in [0.15, 0.2) is 59.5 Å². The van der Waals surface area contributed by atoms with Crippen molar-refractivity contribution in [2.45, 2.75) is 26.3 Å². The van der Waals surface area contributed by atoms with E-state index >= 15 is 0 Å². The molecule has 6 nitrogen and oxygen atoms in total. The minimum absolute atomic E-state index is 0.0848. The van der Waals surface area contributed by atoms with Crippen LogP contribution < -0.4 is 0 Å². The maximum Gasteiger partial charge on any atom is 0.253 e. The second kappa shape index (κ2) is 6.88. The molecule has 6 heteroatoms. The minimum Gasteiger partial charge on any atom is -0.472 e. The second-order valence-corrected chi connectivity index (χ2v) is 7.73. The molecule has 1 fully saturated rings. The first-order chi connectivity index (χ1) is 14.1. The number of benzene rings is 1. The van der Waals surface area contributed by atoms with E-state index in [2.05, 4.69) is 15.6 Å². The van der Waals surface area contributed by atoms with Crippen molar-refractivity contribution in [3.05, 3.63) is 71.8 Å². The van der Waals surface area contributed by atoms with Crippen LogP contribution in [0.25, 0.3) is 22.6 Å². The van der Waals surface area contributed by atoms with Crippen LogP contribution in [0, 0.1) is 13.8 Å². The van der Waals surface area contributed by atoms with Crippen molar-refractivity contribution in [3.63, 3.8) is 0 Å². The molecule has 29 heavy (non-hydrogen) atoms. The summed E-state index contributed by atoms with van der Waals surface area (Å²) in [7, 11) is 0. The maximum atomic E-state index is 13.1. The molecule has 1 aromatic carbocycles.